The number of thiophene rings is 1. The number of nitrogens with two attached hydrogens (primary N) is 1. The highest BCUT2D eigenvalue weighted by Crippen LogP contribution is 2.21. The molecule has 0 spiro atoms. The molecule has 0 bridgehead atoms. The van der Waals surface area contributed by atoms with Gasteiger partial charge in [-0.05, 0) is 12.1 Å². The molecule has 1 rings (SSSR count). The summed E-state index contributed by atoms with van der Waals surface area (Å²) in [6, 6.07) is 3.10. The van der Waals surface area contributed by atoms with Crippen molar-refractivity contribution in [1.82, 2.24) is 5.01 Å². The predicted octanol–water partition coefficient (Wildman–Crippen LogP) is 1.26. The number of carbonyl (C=O) groups is 2. The van der Waals surface area contributed by atoms with Crippen LogP contribution in [0.25, 0.3) is 0 Å². The Hall–Kier alpha value is -0.910. The van der Waals surface area contributed by atoms with Gasteiger partial charge in [-0.2, -0.15) is 0 Å². The average molecular weight is 219 g/mol. The van der Waals surface area contributed by atoms with Crippen LogP contribution < -0.4 is 5.84 Å². The normalized spacial score (nSPS) is 9.77. The maximum Gasteiger partial charge on any atom is 0.284 e. The smallest absolute Gasteiger partial charge is 0.273 e. The van der Waals surface area contributed by atoms with Crippen LogP contribution in [0.5, 0.6) is 0 Å². The third-order valence-electron chi connectivity index (χ3n) is 1.34. The lowest BCUT2D eigenvalue weighted by Gasteiger charge is -2.09. The second-order valence-electron chi connectivity index (χ2n) is 2.30. The fraction of sp³-hybridized carbons (Fsp3) is 0.143. The van der Waals surface area contributed by atoms with Gasteiger partial charge in [0.15, 0.2) is 0 Å². The lowest BCUT2D eigenvalue weighted by molar-refractivity contribution is -0.126. The maximum atomic E-state index is 11.3. The van der Waals surface area contributed by atoms with Crippen molar-refractivity contribution in [3.8, 4) is 0 Å². The molecule has 1 heterocycles. The predicted molar refractivity (Wildman–Crippen MR) is 50.4 cm³/mol. The van der Waals surface area contributed by atoms with Crippen molar-refractivity contribution in [2.24, 2.45) is 5.84 Å². The van der Waals surface area contributed by atoms with Gasteiger partial charge >= 0.3 is 0 Å². The van der Waals surface area contributed by atoms with Crippen LogP contribution in [0.4, 0.5) is 0 Å². The van der Waals surface area contributed by atoms with Crippen molar-refractivity contribution in [3.05, 3.63) is 21.3 Å². The fourth-order valence-corrected chi connectivity index (χ4v) is 1.67. The Kier molecular flexibility index (Phi) is 3.02. The molecule has 1 aromatic heterocycles. The van der Waals surface area contributed by atoms with Gasteiger partial charge in [-0.25, -0.2) is 10.9 Å². The van der Waals surface area contributed by atoms with Crippen LogP contribution in [0.3, 0.4) is 0 Å². The van der Waals surface area contributed by atoms with Crippen LogP contribution in [0.1, 0.15) is 16.6 Å². The maximum absolute atomic E-state index is 11.3. The van der Waals surface area contributed by atoms with E-state index in [-0.39, 0.29) is 0 Å². The Balaban J connectivity index is 2.85. The van der Waals surface area contributed by atoms with Crippen molar-refractivity contribution >= 4 is 34.8 Å². The van der Waals surface area contributed by atoms with E-state index in [1.54, 1.807) is 6.07 Å². The molecule has 1 aromatic rings. The Labute approximate surface area is 83.9 Å². The number of nitrogens with zero attached hydrogens (tertiary/aromatic N) is 1. The topological polar surface area (TPSA) is 63.4 Å². The van der Waals surface area contributed by atoms with E-state index < -0.39 is 11.8 Å². The molecule has 0 aliphatic heterocycles. The highest BCUT2D eigenvalue weighted by atomic mass is 35.5. The number of halogens is 1. The second-order valence-corrected chi connectivity index (χ2v) is 4.01. The molecule has 70 valence electrons. The van der Waals surface area contributed by atoms with Crippen molar-refractivity contribution in [3.63, 3.8) is 0 Å². The lowest BCUT2D eigenvalue weighted by Crippen LogP contribution is -2.40. The first-order valence-electron chi connectivity index (χ1n) is 3.37. The molecule has 0 saturated heterocycles. The molecule has 6 heteroatoms. The third kappa shape index (κ3) is 2.27. The first kappa shape index (κ1) is 10.2. The van der Waals surface area contributed by atoms with E-state index in [4.69, 9.17) is 17.4 Å². The van der Waals surface area contributed by atoms with Crippen LogP contribution in [-0.4, -0.2) is 16.8 Å². The molecule has 0 radical (unpaired) electrons. The molecule has 0 aliphatic rings. The van der Waals surface area contributed by atoms with Crippen LogP contribution in [0.15, 0.2) is 12.1 Å². The van der Waals surface area contributed by atoms with E-state index >= 15 is 0 Å². The zero-order chi connectivity index (χ0) is 10.0. The molecule has 2 amide bonds. The number of imide groups is 1. The summed E-state index contributed by atoms with van der Waals surface area (Å²) in [6.07, 6.45) is 0. The largest absolute Gasteiger partial charge is 0.284 e. The van der Waals surface area contributed by atoms with Crippen molar-refractivity contribution < 1.29 is 9.59 Å². The molecule has 13 heavy (non-hydrogen) atoms. The summed E-state index contributed by atoms with van der Waals surface area (Å²) in [6.45, 7) is 1.22. The standard InChI is InChI=1S/C7H7ClN2O2S/c1-4(11)10(9)7(12)5-2-3-6(8)13-5/h2-3H,9H2,1H3. The molecular formula is C7H7ClN2O2S. The molecule has 2 N–H and O–H groups in total. The molecule has 0 fully saturated rings. The van der Waals surface area contributed by atoms with Crippen LogP contribution in [0.2, 0.25) is 4.34 Å². The van der Waals surface area contributed by atoms with E-state index in [1.165, 1.54) is 13.0 Å². The van der Waals surface area contributed by atoms with Crippen LogP contribution >= 0.6 is 22.9 Å². The van der Waals surface area contributed by atoms with Gasteiger partial charge < -0.3 is 0 Å². The minimum atomic E-state index is -0.538. The Bertz CT molecular complexity index is 350. The van der Waals surface area contributed by atoms with Crippen molar-refractivity contribution in [1.29, 1.82) is 0 Å². The number of hydrogen-bond acceptors (Lipinski definition) is 4. The molecule has 4 nitrogen and oxygen atoms in total. The van der Waals surface area contributed by atoms with Gasteiger partial charge in [0.2, 0.25) is 5.91 Å². The summed E-state index contributed by atoms with van der Waals surface area (Å²) in [4.78, 5) is 22.4. The quantitative estimate of drug-likeness (QED) is 0.439. The van der Waals surface area contributed by atoms with Crippen molar-refractivity contribution in [2.45, 2.75) is 6.92 Å². The monoisotopic (exact) mass is 218 g/mol. The van der Waals surface area contributed by atoms with E-state index in [1.807, 2.05) is 0 Å². The van der Waals surface area contributed by atoms with Gasteiger partial charge in [0, 0.05) is 6.92 Å². The van der Waals surface area contributed by atoms with E-state index in [0.29, 0.717) is 14.2 Å². The summed E-state index contributed by atoms with van der Waals surface area (Å²) < 4.78 is 0.486. The van der Waals surface area contributed by atoms with Crippen LogP contribution in [0, 0.1) is 0 Å². The Morgan fingerprint density at radius 2 is 2.15 bits per heavy atom. The molecule has 0 aliphatic carbocycles. The van der Waals surface area contributed by atoms with Crippen LogP contribution in [-0.2, 0) is 4.79 Å². The van der Waals surface area contributed by atoms with E-state index in [2.05, 4.69) is 0 Å². The fourth-order valence-electron chi connectivity index (χ4n) is 0.691. The summed E-state index contributed by atoms with van der Waals surface area (Å²) in [7, 11) is 0. The number of hydrogen-bond donors (Lipinski definition) is 1. The number of rotatable bonds is 1. The van der Waals surface area contributed by atoms with Gasteiger partial charge in [0.05, 0.1) is 9.21 Å². The van der Waals surface area contributed by atoms with Crippen molar-refractivity contribution in [2.75, 3.05) is 0 Å². The number of amides is 2. The molecule has 0 unspecified atom stereocenters. The highest BCUT2D eigenvalue weighted by molar-refractivity contribution is 7.18. The molecular weight excluding hydrogens is 212 g/mol. The SMILES string of the molecule is CC(=O)N(N)C(=O)c1ccc(Cl)s1. The molecule has 0 aromatic carbocycles. The Morgan fingerprint density at radius 1 is 1.54 bits per heavy atom. The first-order valence-corrected chi connectivity index (χ1v) is 4.57. The summed E-state index contributed by atoms with van der Waals surface area (Å²) in [5.74, 6) is 4.16. The lowest BCUT2D eigenvalue weighted by atomic mass is 10.4. The first-order chi connectivity index (χ1) is 6.02. The second kappa shape index (κ2) is 3.87. The average Bonchev–Trinajstić information content (AvgIpc) is 2.49. The Morgan fingerprint density at radius 3 is 2.54 bits per heavy atom. The van der Waals surface area contributed by atoms with Gasteiger partial charge in [-0.3, -0.25) is 9.59 Å². The van der Waals surface area contributed by atoms with Gasteiger partial charge in [-0.1, -0.05) is 11.6 Å². The number of hydrazine groups is 1. The van der Waals surface area contributed by atoms with E-state index in [9.17, 15) is 9.59 Å². The number of carbonyl (C=O) groups excluding carboxylic acids is 2. The zero-order valence-electron chi connectivity index (χ0n) is 6.78. The molecule has 0 atom stereocenters. The summed E-state index contributed by atoms with van der Waals surface area (Å²) >= 11 is 6.69. The zero-order valence-corrected chi connectivity index (χ0v) is 8.35. The van der Waals surface area contributed by atoms with Gasteiger partial charge in [-0.15, -0.1) is 11.3 Å². The van der Waals surface area contributed by atoms with E-state index in [0.717, 1.165) is 11.3 Å². The third-order valence-corrected chi connectivity index (χ3v) is 2.56. The van der Waals surface area contributed by atoms with Gasteiger partial charge in [0.1, 0.15) is 0 Å². The highest BCUT2D eigenvalue weighted by Gasteiger charge is 2.17. The molecule has 0 saturated carbocycles. The summed E-state index contributed by atoms with van der Waals surface area (Å²) in [5, 5.41) is 0.558. The minimum Gasteiger partial charge on any atom is -0.273 e. The van der Waals surface area contributed by atoms with Gasteiger partial charge in [0.25, 0.3) is 5.91 Å². The minimum absolute atomic E-state index is 0.350. The summed E-state index contributed by atoms with van der Waals surface area (Å²) in [5.41, 5.74) is 0.